The van der Waals surface area contributed by atoms with Crippen molar-refractivity contribution in [1.82, 2.24) is 10.6 Å². The van der Waals surface area contributed by atoms with Gasteiger partial charge >= 0.3 is 7.82 Å². The maximum Gasteiger partial charge on any atom is 0.472 e. The Kier molecular flexibility index (Phi) is 47.4. The molecule has 2 heterocycles. The Labute approximate surface area is 510 Å². The number of amides is 2. The average Bonchev–Trinajstić information content (AvgIpc) is 1.96. The highest BCUT2D eigenvalue weighted by Gasteiger charge is 2.51. The van der Waals surface area contributed by atoms with Crippen LogP contribution in [0.15, 0.2) is 12.2 Å². The van der Waals surface area contributed by atoms with Gasteiger partial charge in [0.15, 0.2) is 12.6 Å². The van der Waals surface area contributed by atoms with Crippen molar-refractivity contribution in [2.45, 2.75) is 346 Å². The number of hydrogen-bond donors (Lipinski definition) is 5. The topological polar surface area (TPSA) is 227 Å². The lowest BCUT2D eigenvalue weighted by atomic mass is 9.88. The number of ketones is 1. The van der Waals surface area contributed by atoms with Crippen LogP contribution in [0, 0.1) is 5.92 Å². The van der Waals surface area contributed by atoms with Gasteiger partial charge in [0.2, 0.25) is 11.8 Å². The van der Waals surface area contributed by atoms with Gasteiger partial charge in [-0.2, -0.15) is 0 Å². The van der Waals surface area contributed by atoms with Crippen LogP contribution in [0.1, 0.15) is 285 Å². The van der Waals surface area contributed by atoms with E-state index < -0.39 is 81.9 Å². The third kappa shape index (κ3) is 37.2. The van der Waals surface area contributed by atoms with Gasteiger partial charge in [0.05, 0.1) is 37.9 Å². The van der Waals surface area contributed by atoms with Gasteiger partial charge in [-0.15, -0.1) is 0 Å². The Balaban J connectivity index is 2.33. The fraction of sp³-hybridized carbons (Fsp3) is 0.924. The normalized spacial score (nSPS) is 23.3. The average molecular weight is 1220 g/mol. The molecule has 0 saturated carbocycles. The largest absolute Gasteiger partial charge is 0.472 e. The van der Waals surface area contributed by atoms with Crippen LogP contribution < -0.4 is 10.6 Å². The molecule has 17 nitrogen and oxygen atoms in total. The molecule has 2 rings (SSSR count). The number of aliphatic hydroxyl groups excluding tert-OH is 1. The third-order valence-electron chi connectivity index (χ3n) is 16.7. The summed E-state index contributed by atoms with van der Waals surface area (Å²) in [6.45, 7) is 11.1. The van der Waals surface area contributed by atoms with Crippen LogP contribution >= 0.6 is 7.82 Å². The number of phosphoric acid groups is 1. The van der Waals surface area contributed by atoms with Gasteiger partial charge < -0.3 is 58.7 Å². The molecule has 0 aromatic rings. The predicted octanol–water partition coefficient (Wildman–Crippen LogP) is 14.4. The molecule has 0 aromatic heterocycles. The Bertz CT molecular complexity index is 1690. The summed E-state index contributed by atoms with van der Waals surface area (Å²) in [6.07, 6.45) is 35.2. The van der Waals surface area contributed by atoms with Gasteiger partial charge in [-0.3, -0.25) is 18.9 Å². The molecule has 5 N–H and O–H groups in total. The first-order valence-corrected chi connectivity index (χ1v) is 35.6. The van der Waals surface area contributed by atoms with E-state index in [1.54, 1.807) is 14.2 Å². The van der Waals surface area contributed by atoms with Crippen LogP contribution in [0.4, 0.5) is 0 Å². The minimum atomic E-state index is -5.30. The van der Waals surface area contributed by atoms with Gasteiger partial charge in [0.1, 0.15) is 36.2 Å². The first-order chi connectivity index (χ1) is 40.7. The number of nitrogens with one attached hydrogen (secondary N) is 2. The zero-order valence-corrected chi connectivity index (χ0v) is 55.0. The molecular weight excluding hydrogens is 1090 g/mol. The second kappa shape index (κ2) is 50.9. The van der Waals surface area contributed by atoms with E-state index in [4.69, 9.17) is 37.7 Å². The van der Waals surface area contributed by atoms with Crippen molar-refractivity contribution in [2.75, 3.05) is 40.6 Å². The summed E-state index contributed by atoms with van der Waals surface area (Å²) in [7, 11) is -1.99. The van der Waals surface area contributed by atoms with Crippen LogP contribution in [0.25, 0.3) is 0 Å². The number of allylic oxidation sites excluding steroid dienone is 2. The van der Waals surface area contributed by atoms with E-state index >= 15 is 0 Å². The molecule has 0 spiro atoms. The van der Waals surface area contributed by atoms with Crippen LogP contribution in [-0.2, 0) is 56.6 Å². The number of rotatable bonds is 56. The van der Waals surface area contributed by atoms with Crippen LogP contribution in [0.3, 0.4) is 0 Å². The molecule has 2 aliphatic heterocycles. The quantitative estimate of drug-likeness (QED) is 0.0165. The van der Waals surface area contributed by atoms with E-state index in [1.165, 1.54) is 103 Å². The summed E-state index contributed by atoms with van der Waals surface area (Å²) in [5, 5.41) is 18.2. The summed E-state index contributed by atoms with van der Waals surface area (Å²) < 4.78 is 62.0. The van der Waals surface area contributed by atoms with Crippen molar-refractivity contribution in [3.8, 4) is 0 Å². The molecule has 11 atom stereocenters. The first kappa shape index (κ1) is 78.2. The van der Waals surface area contributed by atoms with Gasteiger partial charge in [-0.05, 0) is 57.8 Å². The molecule has 0 bridgehead atoms. The molecule has 84 heavy (non-hydrogen) atoms. The minimum absolute atomic E-state index is 0.00801. The molecule has 2 fully saturated rings. The van der Waals surface area contributed by atoms with Gasteiger partial charge in [0.25, 0.3) is 0 Å². The molecule has 2 saturated heterocycles. The Morgan fingerprint density at radius 1 is 0.524 bits per heavy atom. The van der Waals surface area contributed by atoms with Crippen LogP contribution in [-0.4, -0.2) is 134 Å². The number of carbonyl (C=O) groups excluding carboxylic acids is 3. The Morgan fingerprint density at radius 3 is 1.54 bits per heavy atom. The van der Waals surface area contributed by atoms with E-state index in [-0.39, 0.29) is 43.3 Å². The lowest BCUT2D eigenvalue weighted by molar-refractivity contribution is -0.295. The predicted molar refractivity (Wildman–Crippen MR) is 334 cm³/mol. The molecule has 2 amide bonds. The standard InChI is InChI=1S/C66H125N2O15P/c1-8-12-16-20-23-26-27-28-29-30-31-32-34-38-42-46-58(70)67-60-63(79-49-47-55(77-7)45-41-36-19-15-11-4)53(5)56(51-76-6)81-65(60)80-52-57-62(72)64(78-48-43-39-35-25-22-18-14-10-3)61(66(82-57)83-84(73,74)75)68-59(71)50-54(69)44-40-37-33-24-21-17-13-9-2/h26-27,53,55-57,60-66,72H,8-25,28-52H2,1-7H3,(H,67,70)(H,68,71)(H2,73,74,75)/b27-26-. The first-order valence-electron chi connectivity index (χ1n) is 34.1. The highest BCUT2D eigenvalue weighted by molar-refractivity contribution is 7.46. The second-order valence-corrected chi connectivity index (χ2v) is 25.5. The van der Waals surface area contributed by atoms with Gasteiger partial charge in [0, 0.05) is 46.2 Å². The molecule has 0 radical (unpaired) electrons. The number of ether oxygens (including phenoxy) is 7. The van der Waals surface area contributed by atoms with Crippen molar-refractivity contribution in [1.29, 1.82) is 0 Å². The molecule has 2 aliphatic rings. The van der Waals surface area contributed by atoms with E-state index in [0.717, 1.165) is 103 Å². The lowest BCUT2D eigenvalue weighted by Crippen LogP contribution is -2.66. The molecule has 11 unspecified atom stereocenters. The summed E-state index contributed by atoms with van der Waals surface area (Å²) >= 11 is 0. The van der Waals surface area contributed by atoms with Gasteiger partial charge in [-0.1, -0.05) is 220 Å². The van der Waals surface area contributed by atoms with Gasteiger partial charge in [-0.25, -0.2) is 4.57 Å². The fourth-order valence-electron chi connectivity index (χ4n) is 11.5. The van der Waals surface area contributed by atoms with Crippen molar-refractivity contribution >= 4 is 25.4 Å². The lowest BCUT2D eigenvalue weighted by Gasteiger charge is -2.47. The zero-order chi connectivity index (χ0) is 61.5. The van der Waals surface area contributed by atoms with E-state index in [1.807, 2.05) is 6.92 Å². The maximum absolute atomic E-state index is 14.0. The van der Waals surface area contributed by atoms with Crippen molar-refractivity contribution in [3.05, 3.63) is 12.2 Å². The van der Waals surface area contributed by atoms with Crippen molar-refractivity contribution < 1.29 is 71.5 Å². The number of hydrogen-bond acceptors (Lipinski definition) is 13. The van der Waals surface area contributed by atoms with Crippen molar-refractivity contribution in [2.24, 2.45) is 5.92 Å². The number of methoxy groups -OCH3 is 2. The number of aliphatic hydroxyl groups is 1. The van der Waals surface area contributed by atoms with Crippen LogP contribution in [0.2, 0.25) is 0 Å². The monoisotopic (exact) mass is 1220 g/mol. The molecule has 494 valence electrons. The number of unbranched alkanes of at least 4 members (excludes halogenated alkanes) is 29. The van der Waals surface area contributed by atoms with E-state index in [0.29, 0.717) is 38.7 Å². The van der Waals surface area contributed by atoms with Crippen molar-refractivity contribution in [3.63, 3.8) is 0 Å². The number of carbonyl (C=O) groups is 3. The Hall–Kier alpha value is -1.86. The summed E-state index contributed by atoms with van der Waals surface area (Å²) in [4.78, 5) is 61.2. The summed E-state index contributed by atoms with van der Waals surface area (Å²) in [6, 6.07) is -2.25. The maximum atomic E-state index is 14.0. The summed E-state index contributed by atoms with van der Waals surface area (Å²) in [5.41, 5.74) is 0. The minimum Gasteiger partial charge on any atom is -0.388 e. The zero-order valence-electron chi connectivity index (χ0n) is 54.1. The summed E-state index contributed by atoms with van der Waals surface area (Å²) in [5.74, 6) is -1.43. The molecule has 18 heteroatoms. The number of Topliss-reactive ketones (excluding diaryl/α,β-unsaturated/α-hetero) is 1. The highest BCUT2D eigenvalue weighted by atomic mass is 31.2. The molecule has 0 aromatic carbocycles. The number of phosphoric ester groups is 1. The van der Waals surface area contributed by atoms with E-state index in [9.17, 15) is 33.8 Å². The second-order valence-electron chi connectivity index (χ2n) is 24.3. The Morgan fingerprint density at radius 2 is 0.988 bits per heavy atom. The fourth-order valence-corrected chi connectivity index (χ4v) is 12.0. The molecular formula is C66H125N2O15P. The third-order valence-corrected chi connectivity index (χ3v) is 17.2. The highest BCUT2D eigenvalue weighted by Crippen LogP contribution is 2.41. The SMILES string of the molecule is CCCCCC/C=C\CCCCCCCCCC(=O)NC1C(OCC2OC(OP(=O)(O)O)C(NC(=O)CC(=O)CCCCCCCCCC)C(OCCCCCCCCCC)C2O)OC(COC)C(C)C1OCCC(CCCCCCC)OC. The smallest absolute Gasteiger partial charge is 0.388 e. The molecule has 0 aliphatic carbocycles. The van der Waals surface area contributed by atoms with Crippen LogP contribution in [0.5, 0.6) is 0 Å². The van der Waals surface area contributed by atoms with E-state index in [2.05, 4.69) is 50.5 Å².